The Labute approximate surface area is 118 Å². The van der Waals surface area contributed by atoms with Crippen molar-refractivity contribution >= 4 is 17.5 Å². The van der Waals surface area contributed by atoms with Gasteiger partial charge in [0.25, 0.3) is 11.5 Å². The van der Waals surface area contributed by atoms with E-state index in [2.05, 4.69) is 5.32 Å². The molecule has 0 unspecified atom stereocenters. The number of aromatic nitrogens is 1. The Morgan fingerprint density at radius 3 is 2.45 bits per heavy atom. The number of aryl methyl sites for hydroxylation is 1. The molecule has 1 N–H and O–H groups in total. The zero-order valence-electron chi connectivity index (χ0n) is 12.6. The highest BCUT2D eigenvalue weighted by Crippen LogP contribution is 2.09. The Kier molecular flexibility index (Phi) is 5.07. The molecule has 2 amide bonds. The highest BCUT2D eigenvalue weighted by molar-refractivity contribution is 5.96. The molecule has 0 saturated heterocycles. The number of anilines is 1. The Hall–Kier alpha value is -2.11. The summed E-state index contributed by atoms with van der Waals surface area (Å²) >= 11 is 0. The predicted molar refractivity (Wildman–Crippen MR) is 77.8 cm³/mol. The smallest absolute Gasteiger partial charge is 0.274 e. The molecule has 0 aliphatic rings. The van der Waals surface area contributed by atoms with Crippen LogP contribution in [-0.4, -0.2) is 35.4 Å². The molecule has 0 radical (unpaired) electrons. The van der Waals surface area contributed by atoms with E-state index in [-0.39, 0.29) is 29.0 Å². The molecule has 1 aromatic rings. The Morgan fingerprint density at radius 2 is 1.95 bits per heavy atom. The van der Waals surface area contributed by atoms with E-state index in [1.165, 1.54) is 21.7 Å². The van der Waals surface area contributed by atoms with Crippen molar-refractivity contribution in [2.24, 2.45) is 13.0 Å². The summed E-state index contributed by atoms with van der Waals surface area (Å²) in [6, 6.07) is 1.42. The standard InChI is InChI=1S/C14H21N3O3/c1-9(2)6-12(18)15-11-7-10(13(19)16(3)4)8-17(5)14(11)20/h7-9H,6H2,1-5H3,(H,15,18). The van der Waals surface area contributed by atoms with Crippen LogP contribution in [0.25, 0.3) is 0 Å². The number of hydrogen-bond donors (Lipinski definition) is 1. The number of carbonyl (C=O) groups excluding carboxylic acids is 2. The molecule has 0 saturated carbocycles. The Bertz CT molecular complexity index is 574. The summed E-state index contributed by atoms with van der Waals surface area (Å²) in [6.45, 7) is 3.84. The second-order valence-electron chi connectivity index (χ2n) is 5.40. The minimum Gasteiger partial charge on any atom is -0.345 e. The van der Waals surface area contributed by atoms with Crippen molar-refractivity contribution in [3.8, 4) is 0 Å². The molecule has 20 heavy (non-hydrogen) atoms. The largest absolute Gasteiger partial charge is 0.345 e. The molecule has 0 bridgehead atoms. The zero-order chi connectivity index (χ0) is 15.4. The second-order valence-corrected chi connectivity index (χ2v) is 5.40. The highest BCUT2D eigenvalue weighted by Gasteiger charge is 2.14. The van der Waals surface area contributed by atoms with E-state index in [0.29, 0.717) is 12.0 Å². The van der Waals surface area contributed by atoms with Crippen molar-refractivity contribution in [2.45, 2.75) is 20.3 Å². The van der Waals surface area contributed by atoms with Crippen LogP contribution in [0, 0.1) is 5.92 Å². The fraction of sp³-hybridized carbons (Fsp3) is 0.500. The Morgan fingerprint density at radius 1 is 1.35 bits per heavy atom. The molecule has 1 rings (SSSR count). The quantitative estimate of drug-likeness (QED) is 0.896. The van der Waals surface area contributed by atoms with E-state index in [9.17, 15) is 14.4 Å². The van der Waals surface area contributed by atoms with Crippen LogP contribution in [-0.2, 0) is 11.8 Å². The third-order valence-electron chi connectivity index (χ3n) is 2.70. The van der Waals surface area contributed by atoms with E-state index in [0.717, 1.165) is 0 Å². The molecule has 6 nitrogen and oxygen atoms in total. The average molecular weight is 279 g/mol. The van der Waals surface area contributed by atoms with Crippen LogP contribution >= 0.6 is 0 Å². The minimum absolute atomic E-state index is 0.130. The molecule has 0 spiro atoms. The van der Waals surface area contributed by atoms with Gasteiger partial charge in [-0.2, -0.15) is 0 Å². The van der Waals surface area contributed by atoms with E-state index >= 15 is 0 Å². The fourth-order valence-corrected chi connectivity index (χ4v) is 1.75. The van der Waals surface area contributed by atoms with Crippen molar-refractivity contribution in [3.05, 3.63) is 28.2 Å². The van der Waals surface area contributed by atoms with E-state index in [1.807, 2.05) is 13.8 Å². The lowest BCUT2D eigenvalue weighted by molar-refractivity contribution is -0.116. The van der Waals surface area contributed by atoms with Gasteiger partial charge in [-0.3, -0.25) is 14.4 Å². The van der Waals surface area contributed by atoms with E-state index in [1.54, 1.807) is 21.1 Å². The molecule has 0 atom stereocenters. The van der Waals surface area contributed by atoms with Gasteiger partial charge in [0.05, 0.1) is 5.56 Å². The van der Waals surface area contributed by atoms with E-state index < -0.39 is 0 Å². The predicted octanol–water partition coefficient (Wildman–Crippen LogP) is 1.07. The van der Waals surface area contributed by atoms with Gasteiger partial charge < -0.3 is 14.8 Å². The van der Waals surface area contributed by atoms with Crippen LogP contribution in [0.15, 0.2) is 17.1 Å². The normalized spacial score (nSPS) is 10.5. The maximum absolute atomic E-state index is 12.0. The second kappa shape index (κ2) is 6.36. The van der Waals surface area contributed by atoms with Crippen LogP contribution in [0.1, 0.15) is 30.6 Å². The molecule has 1 aromatic heterocycles. The summed E-state index contributed by atoms with van der Waals surface area (Å²) in [5.74, 6) is -0.253. The average Bonchev–Trinajstić information content (AvgIpc) is 2.32. The van der Waals surface area contributed by atoms with Gasteiger partial charge in [-0.25, -0.2) is 0 Å². The van der Waals surface area contributed by atoms with Gasteiger partial charge in [-0.1, -0.05) is 13.8 Å². The number of amides is 2. The monoisotopic (exact) mass is 279 g/mol. The lowest BCUT2D eigenvalue weighted by Gasteiger charge is -2.13. The maximum atomic E-state index is 12.0. The lowest BCUT2D eigenvalue weighted by Crippen LogP contribution is -2.28. The summed E-state index contributed by atoms with van der Waals surface area (Å²) in [5, 5.41) is 2.57. The third kappa shape index (κ3) is 3.94. The van der Waals surface area contributed by atoms with Crippen LogP contribution in [0.2, 0.25) is 0 Å². The molecular formula is C14H21N3O3. The van der Waals surface area contributed by atoms with Gasteiger partial charge >= 0.3 is 0 Å². The van der Waals surface area contributed by atoms with Gasteiger partial charge in [0.15, 0.2) is 0 Å². The molecule has 0 aliphatic heterocycles. The van der Waals surface area contributed by atoms with E-state index in [4.69, 9.17) is 0 Å². The lowest BCUT2D eigenvalue weighted by atomic mass is 10.1. The van der Waals surface area contributed by atoms with Crippen molar-refractivity contribution in [1.29, 1.82) is 0 Å². The van der Waals surface area contributed by atoms with Gasteiger partial charge in [-0.05, 0) is 12.0 Å². The summed E-state index contributed by atoms with van der Waals surface area (Å²) in [6.07, 6.45) is 1.79. The third-order valence-corrected chi connectivity index (χ3v) is 2.70. The first-order valence-corrected chi connectivity index (χ1v) is 6.44. The van der Waals surface area contributed by atoms with Crippen LogP contribution in [0.3, 0.4) is 0 Å². The minimum atomic E-state index is -0.336. The summed E-state index contributed by atoms with van der Waals surface area (Å²) in [7, 11) is 4.81. The fourth-order valence-electron chi connectivity index (χ4n) is 1.75. The number of nitrogens with one attached hydrogen (secondary N) is 1. The first-order valence-electron chi connectivity index (χ1n) is 6.44. The molecule has 1 heterocycles. The van der Waals surface area contributed by atoms with Crippen molar-refractivity contribution in [1.82, 2.24) is 9.47 Å². The molecule has 0 aromatic carbocycles. The highest BCUT2D eigenvalue weighted by atomic mass is 16.2. The van der Waals surface area contributed by atoms with Crippen molar-refractivity contribution < 1.29 is 9.59 Å². The van der Waals surface area contributed by atoms with Crippen molar-refractivity contribution in [2.75, 3.05) is 19.4 Å². The summed E-state index contributed by atoms with van der Waals surface area (Å²) < 4.78 is 1.29. The summed E-state index contributed by atoms with van der Waals surface area (Å²) in [4.78, 5) is 37.0. The molecular weight excluding hydrogens is 258 g/mol. The summed E-state index contributed by atoms with van der Waals surface area (Å²) in [5.41, 5.74) is 0.153. The SMILES string of the molecule is CC(C)CC(=O)Nc1cc(C(=O)N(C)C)cn(C)c1=O. The number of nitrogens with zero attached hydrogens (tertiary/aromatic N) is 2. The molecule has 110 valence electrons. The number of rotatable bonds is 4. The zero-order valence-corrected chi connectivity index (χ0v) is 12.6. The topological polar surface area (TPSA) is 71.4 Å². The van der Waals surface area contributed by atoms with Crippen LogP contribution in [0.5, 0.6) is 0 Å². The number of carbonyl (C=O) groups is 2. The van der Waals surface area contributed by atoms with Gasteiger partial charge in [-0.15, -0.1) is 0 Å². The number of hydrogen-bond acceptors (Lipinski definition) is 3. The molecule has 6 heteroatoms. The van der Waals surface area contributed by atoms with Crippen LogP contribution in [0.4, 0.5) is 5.69 Å². The Balaban J connectivity index is 3.10. The van der Waals surface area contributed by atoms with Gasteiger partial charge in [0, 0.05) is 33.8 Å². The molecule has 0 fully saturated rings. The number of pyridine rings is 1. The first-order chi connectivity index (χ1) is 9.22. The maximum Gasteiger partial charge on any atom is 0.274 e. The molecule has 0 aliphatic carbocycles. The van der Waals surface area contributed by atoms with Crippen molar-refractivity contribution in [3.63, 3.8) is 0 Å². The van der Waals surface area contributed by atoms with Gasteiger partial charge in [0.1, 0.15) is 5.69 Å². The first kappa shape index (κ1) is 15.9. The van der Waals surface area contributed by atoms with Crippen LogP contribution < -0.4 is 10.9 Å². The van der Waals surface area contributed by atoms with Gasteiger partial charge in [0.2, 0.25) is 5.91 Å².